The highest BCUT2D eigenvalue weighted by atomic mass is 19.1. The van der Waals surface area contributed by atoms with Crippen LogP contribution in [0.15, 0.2) is 40.6 Å². The Labute approximate surface area is 177 Å². The number of anilines is 2. The van der Waals surface area contributed by atoms with Crippen LogP contribution in [0.25, 0.3) is 0 Å². The number of nitro benzene ring substituents is 2. The van der Waals surface area contributed by atoms with Crippen molar-refractivity contribution in [2.24, 2.45) is 10.2 Å². The fraction of sp³-hybridized carbons (Fsp3) is 0.316. The topological polar surface area (TPSA) is 143 Å². The molecule has 1 N–H and O–H groups in total. The van der Waals surface area contributed by atoms with Crippen molar-refractivity contribution in [3.8, 4) is 0 Å². The van der Waals surface area contributed by atoms with Gasteiger partial charge in [-0.3, -0.25) is 20.2 Å². The van der Waals surface area contributed by atoms with E-state index in [1.807, 2.05) is 26.0 Å². The first kappa shape index (κ1) is 25.1. The quantitative estimate of drug-likeness (QED) is 0.262. The van der Waals surface area contributed by atoms with Gasteiger partial charge in [-0.25, -0.2) is 0 Å². The lowest BCUT2D eigenvalue weighted by Crippen LogP contribution is -2.21. The number of carbonyl (C=O) groups excluding carboxylic acids is 1. The molecule has 2 rings (SSSR count). The van der Waals surface area contributed by atoms with Gasteiger partial charge in [0.2, 0.25) is 5.82 Å². The number of benzene rings is 2. The number of nitrogens with zero attached hydrogens (tertiary/aromatic N) is 5. The minimum absolute atomic E-state index is 0.381. The van der Waals surface area contributed by atoms with Gasteiger partial charge in [0.15, 0.2) is 5.69 Å². The van der Waals surface area contributed by atoms with Crippen LogP contribution in [0.5, 0.6) is 0 Å². The van der Waals surface area contributed by atoms with Gasteiger partial charge in [-0.05, 0) is 39.0 Å². The molecule has 2 aromatic carbocycles. The summed E-state index contributed by atoms with van der Waals surface area (Å²) < 4.78 is 13.9. The predicted octanol–water partition coefficient (Wildman–Crippen LogP) is 5.15. The van der Waals surface area contributed by atoms with Crippen molar-refractivity contribution in [2.45, 2.75) is 20.8 Å². The molecule has 0 aliphatic heterocycles. The highest BCUT2D eigenvalue weighted by Crippen LogP contribution is 2.36. The van der Waals surface area contributed by atoms with Gasteiger partial charge >= 0.3 is 11.4 Å². The molecule has 0 aliphatic carbocycles. The molecule has 0 spiro atoms. The van der Waals surface area contributed by atoms with Crippen molar-refractivity contribution < 1.29 is 19.0 Å². The van der Waals surface area contributed by atoms with Gasteiger partial charge in [-0.15, -0.1) is 10.2 Å². The molecule has 0 saturated heterocycles. The summed E-state index contributed by atoms with van der Waals surface area (Å²) in [6.07, 6.45) is 0.750. The lowest BCUT2D eigenvalue weighted by atomic mass is 10.2. The van der Waals surface area contributed by atoms with Crippen molar-refractivity contribution in [1.29, 1.82) is 0 Å². The van der Waals surface area contributed by atoms with Crippen LogP contribution in [0.2, 0.25) is 0 Å². The number of hydrogen-bond donors (Lipinski definition) is 1. The van der Waals surface area contributed by atoms with Crippen LogP contribution in [0.4, 0.5) is 38.5 Å². The monoisotopic (exact) mass is 434 g/mol. The number of halogens is 1. The first-order valence-electron chi connectivity index (χ1n) is 9.24. The van der Waals surface area contributed by atoms with E-state index in [2.05, 4.69) is 20.4 Å². The lowest BCUT2D eigenvalue weighted by molar-refractivity contribution is -0.395. The number of hydrogen-bond acceptors (Lipinski definition) is 9. The number of nitrogens with one attached hydrogen (secondary N) is 1. The Balaban J connectivity index is 0.00000151. The summed E-state index contributed by atoms with van der Waals surface area (Å²) in [6.45, 7) is 7.13. The molecule has 2 aromatic rings. The number of carbonyl (C=O) groups is 1. The van der Waals surface area contributed by atoms with Gasteiger partial charge in [0.25, 0.3) is 0 Å². The Morgan fingerprint density at radius 1 is 1.03 bits per heavy atom. The Morgan fingerprint density at radius 3 is 2.06 bits per heavy atom. The molecule has 0 saturated carbocycles. The summed E-state index contributed by atoms with van der Waals surface area (Å²) in [5, 5.41) is 32.6. The molecule has 12 heteroatoms. The van der Waals surface area contributed by atoms with Crippen molar-refractivity contribution in [3.63, 3.8) is 0 Å². The van der Waals surface area contributed by atoms with Crippen molar-refractivity contribution in [2.75, 3.05) is 30.4 Å². The van der Waals surface area contributed by atoms with Gasteiger partial charge in [0.05, 0.1) is 21.6 Å². The molecule has 0 unspecified atom stereocenters. The third kappa shape index (κ3) is 6.52. The Hall–Kier alpha value is -3.96. The van der Waals surface area contributed by atoms with Crippen LogP contribution in [0, 0.1) is 26.0 Å². The minimum Gasteiger partial charge on any atom is -0.386 e. The first-order chi connectivity index (χ1) is 14.7. The third-order valence-electron chi connectivity index (χ3n) is 4.08. The average molecular weight is 434 g/mol. The van der Waals surface area contributed by atoms with Crippen LogP contribution >= 0.6 is 0 Å². The van der Waals surface area contributed by atoms with E-state index in [9.17, 15) is 24.6 Å². The van der Waals surface area contributed by atoms with E-state index in [-0.39, 0.29) is 0 Å². The summed E-state index contributed by atoms with van der Waals surface area (Å²) in [6, 6.07) is 6.52. The second kappa shape index (κ2) is 11.9. The smallest absolute Gasteiger partial charge is 0.311 e. The van der Waals surface area contributed by atoms with Gasteiger partial charge in [-0.1, -0.05) is 0 Å². The molecule has 0 amide bonds. The fourth-order valence-electron chi connectivity index (χ4n) is 2.61. The Bertz CT molecular complexity index is 979. The maximum Gasteiger partial charge on any atom is 0.311 e. The van der Waals surface area contributed by atoms with E-state index >= 15 is 0 Å². The summed E-state index contributed by atoms with van der Waals surface area (Å²) in [4.78, 5) is 31.0. The van der Waals surface area contributed by atoms with E-state index < -0.39 is 32.7 Å². The van der Waals surface area contributed by atoms with E-state index in [1.54, 1.807) is 13.1 Å². The SMILES string of the molecule is CC=O.CCN(CC)c1ccc(N=Nc2cc(F)c([N+](=O)[O-])cc2[N+](=O)[O-])c(NC)c1. The summed E-state index contributed by atoms with van der Waals surface area (Å²) >= 11 is 0. The summed E-state index contributed by atoms with van der Waals surface area (Å²) in [7, 11) is 1.69. The molecule has 31 heavy (non-hydrogen) atoms. The van der Waals surface area contributed by atoms with E-state index in [4.69, 9.17) is 4.79 Å². The van der Waals surface area contributed by atoms with Crippen LogP contribution in [0.1, 0.15) is 20.8 Å². The molecule has 0 fully saturated rings. The fourth-order valence-corrected chi connectivity index (χ4v) is 2.61. The molecular weight excluding hydrogens is 411 g/mol. The van der Waals surface area contributed by atoms with Gasteiger partial charge in [0.1, 0.15) is 12.0 Å². The Kier molecular flexibility index (Phi) is 9.63. The third-order valence-corrected chi connectivity index (χ3v) is 4.08. The van der Waals surface area contributed by atoms with Gasteiger partial charge in [0, 0.05) is 31.9 Å². The Morgan fingerprint density at radius 2 is 1.58 bits per heavy atom. The number of azo groups is 1. The van der Waals surface area contributed by atoms with Crippen LogP contribution < -0.4 is 10.2 Å². The van der Waals surface area contributed by atoms with E-state index in [0.717, 1.165) is 25.1 Å². The predicted molar refractivity (Wildman–Crippen MR) is 115 cm³/mol. The van der Waals surface area contributed by atoms with E-state index in [0.29, 0.717) is 23.5 Å². The number of aldehydes is 1. The molecule has 0 heterocycles. The van der Waals surface area contributed by atoms with Crippen LogP contribution in [-0.2, 0) is 4.79 Å². The molecule has 0 bridgehead atoms. The molecule has 0 atom stereocenters. The summed E-state index contributed by atoms with van der Waals surface area (Å²) in [5.41, 5.74) is -0.152. The zero-order valence-electron chi connectivity index (χ0n) is 17.5. The maximum absolute atomic E-state index is 13.9. The molecule has 0 aliphatic rings. The van der Waals surface area contributed by atoms with Crippen molar-refractivity contribution >= 4 is 40.4 Å². The molecule has 11 nitrogen and oxygen atoms in total. The average Bonchev–Trinajstić information content (AvgIpc) is 2.73. The number of nitro groups is 2. The van der Waals surface area contributed by atoms with Crippen LogP contribution in [0.3, 0.4) is 0 Å². The lowest BCUT2D eigenvalue weighted by Gasteiger charge is -2.22. The molecule has 0 aromatic heterocycles. The standard InChI is InChI=1S/C17H19FN6O4.C2H4O/c1-4-22(5-2)11-6-7-13(14(8-11)19-3)20-21-15-9-12(18)16(23(25)26)10-17(15)24(27)28;1-2-3/h6-10,19H,4-5H2,1-3H3;2H,1H3. The second-order valence-electron chi connectivity index (χ2n) is 5.87. The van der Waals surface area contributed by atoms with Gasteiger partial charge < -0.3 is 15.0 Å². The van der Waals surface area contributed by atoms with Gasteiger partial charge in [-0.2, -0.15) is 4.39 Å². The minimum atomic E-state index is -1.23. The van der Waals surface area contributed by atoms with Crippen LogP contribution in [-0.4, -0.2) is 36.3 Å². The highest BCUT2D eigenvalue weighted by Gasteiger charge is 2.25. The highest BCUT2D eigenvalue weighted by molar-refractivity contribution is 5.72. The zero-order chi connectivity index (χ0) is 23.6. The largest absolute Gasteiger partial charge is 0.386 e. The zero-order valence-corrected chi connectivity index (χ0v) is 17.5. The normalized spacial score (nSPS) is 10.2. The molecule has 0 radical (unpaired) electrons. The van der Waals surface area contributed by atoms with Crippen molar-refractivity contribution in [3.05, 3.63) is 56.4 Å². The molecule has 166 valence electrons. The molecular formula is C19H23FN6O5. The number of rotatable bonds is 8. The maximum atomic E-state index is 13.9. The first-order valence-corrected chi connectivity index (χ1v) is 9.24. The van der Waals surface area contributed by atoms with Crippen molar-refractivity contribution in [1.82, 2.24) is 0 Å². The van der Waals surface area contributed by atoms with E-state index in [1.165, 1.54) is 6.92 Å². The summed E-state index contributed by atoms with van der Waals surface area (Å²) in [5.74, 6) is -1.23. The second-order valence-corrected chi connectivity index (χ2v) is 5.87.